The van der Waals surface area contributed by atoms with E-state index >= 15 is 0 Å². The van der Waals surface area contributed by atoms with Gasteiger partial charge in [0, 0.05) is 30.4 Å². The molecule has 0 unspecified atom stereocenters. The normalized spacial score (nSPS) is 10.6. The lowest BCUT2D eigenvalue weighted by Gasteiger charge is -2.15. The van der Waals surface area contributed by atoms with Gasteiger partial charge in [0.05, 0.1) is 5.52 Å². The molecular weight excluding hydrogens is 252 g/mol. The van der Waals surface area contributed by atoms with Crippen LogP contribution in [0.25, 0.3) is 10.9 Å². The highest BCUT2D eigenvalue weighted by molar-refractivity contribution is 9.08. The Hall–Kier alpha value is -1.09. The molecule has 2 rings (SSSR count). The summed E-state index contributed by atoms with van der Waals surface area (Å²) in [7, 11) is 4.03. The maximum absolute atomic E-state index is 4.64. The van der Waals surface area contributed by atoms with Gasteiger partial charge in [-0.05, 0) is 12.1 Å². The molecule has 1 heterocycles. The van der Waals surface area contributed by atoms with E-state index in [0.717, 1.165) is 16.7 Å². The number of hydrogen-bond donors (Lipinski definition) is 0. The Morgan fingerprint density at radius 1 is 1.27 bits per heavy atom. The fourth-order valence-corrected chi connectivity index (χ4v) is 2.05. The number of aromatic nitrogens is 1. The van der Waals surface area contributed by atoms with Crippen LogP contribution >= 0.6 is 15.9 Å². The van der Waals surface area contributed by atoms with E-state index in [9.17, 15) is 0 Å². The quantitative estimate of drug-likeness (QED) is 0.775. The van der Waals surface area contributed by atoms with E-state index in [2.05, 4.69) is 33.0 Å². The van der Waals surface area contributed by atoms with Crippen LogP contribution in [-0.2, 0) is 5.33 Å². The highest BCUT2D eigenvalue weighted by atomic mass is 79.9. The van der Waals surface area contributed by atoms with Crippen LogP contribution in [0.3, 0.4) is 0 Å². The van der Waals surface area contributed by atoms with Crippen molar-refractivity contribution < 1.29 is 0 Å². The molecule has 0 aliphatic rings. The predicted molar refractivity (Wildman–Crippen MR) is 68.7 cm³/mol. The predicted octanol–water partition coefficient (Wildman–Crippen LogP) is 3.20. The minimum absolute atomic E-state index is 0.832. The minimum atomic E-state index is 0.832. The van der Waals surface area contributed by atoms with Crippen LogP contribution in [0.5, 0.6) is 0 Å². The molecule has 15 heavy (non-hydrogen) atoms. The molecule has 78 valence electrons. The fraction of sp³-hybridized carbons (Fsp3) is 0.250. The Labute approximate surface area is 98.1 Å². The second-order valence-electron chi connectivity index (χ2n) is 3.69. The van der Waals surface area contributed by atoms with Gasteiger partial charge in [0.1, 0.15) is 5.82 Å². The van der Waals surface area contributed by atoms with Crippen molar-refractivity contribution in [3.8, 4) is 0 Å². The first kappa shape index (κ1) is 10.4. The van der Waals surface area contributed by atoms with Gasteiger partial charge < -0.3 is 4.90 Å². The number of fused-ring (bicyclic) bond motifs is 1. The molecule has 3 heteroatoms. The number of para-hydroxylation sites is 1. The van der Waals surface area contributed by atoms with Crippen molar-refractivity contribution in [1.29, 1.82) is 0 Å². The van der Waals surface area contributed by atoms with E-state index in [1.54, 1.807) is 0 Å². The Morgan fingerprint density at radius 2 is 2.00 bits per heavy atom. The number of hydrogen-bond acceptors (Lipinski definition) is 2. The molecule has 0 N–H and O–H groups in total. The largest absolute Gasteiger partial charge is 0.362 e. The Balaban J connectivity index is 2.69. The topological polar surface area (TPSA) is 16.1 Å². The maximum Gasteiger partial charge on any atom is 0.132 e. The second-order valence-corrected chi connectivity index (χ2v) is 4.25. The molecule has 0 atom stereocenters. The zero-order valence-corrected chi connectivity index (χ0v) is 10.5. The molecule has 2 nitrogen and oxygen atoms in total. The number of pyridine rings is 1. The van der Waals surface area contributed by atoms with Crippen LogP contribution in [0.2, 0.25) is 0 Å². The van der Waals surface area contributed by atoms with Gasteiger partial charge in [-0.25, -0.2) is 4.98 Å². The van der Waals surface area contributed by atoms with E-state index in [1.165, 1.54) is 10.9 Å². The third kappa shape index (κ3) is 1.97. The van der Waals surface area contributed by atoms with Crippen molar-refractivity contribution >= 4 is 32.7 Å². The van der Waals surface area contributed by atoms with E-state index in [1.807, 2.05) is 37.2 Å². The molecule has 0 saturated carbocycles. The SMILES string of the molecule is CN(C)c1nc2ccccc2cc1CBr. The summed E-state index contributed by atoms with van der Waals surface area (Å²) in [6.07, 6.45) is 0. The van der Waals surface area contributed by atoms with Crippen LogP contribution in [0.4, 0.5) is 5.82 Å². The van der Waals surface area contributed by atoms with Gasteiger partial charge in [0.2, 0.25) is 0 Å². The summed E-state index contributed by atoms with van der Waals surface area (Å²) in [5.74, 6) is 1.03. The van der Waals surface area contributed by atoms with Gasteiger partial charge in [0.15, 0.2) is 0 Å². The monoisotopic (exact) mass is 264 g/mol. The van der Waals surface area contributed by atoms with Crippen molar-refractivity contribution in [2.45, 2.75) is 5.33 Å². The lowest BCUT2D eigenvalue weighted by Crippen LogP contribution is -2.12. The molecule has 1 aromatic carbocycles. The summed E-state index contributed by atoms with van der Waals surface area (Å²) in [5.41, 5.74) is 2.27. The average Bonchev–Trinajstić information content (AvgIpc) is 2.27. The summed E-state index contributed by atoms with van der Waals surface area (Å²) in [6, 6.07) is 10.4. The molecular formula is C12H13BrN2. The van der Waals surface area contributed by atoms with Gasteiger partial charge in [0.25, 0.3) is 0 Å². The Kier molecular flexibility index (Phi) is 2.91. The van der Waals surface area contributed by atoms with Gasteiger partial charge in [-0.2, -0.15) is 0 Å². The second kappa shape index (κ2) is 4.19. The first-order chi connectivity index (χ1) is 7.22. The molecule has 0 aliphatic carbocycles. The van der Waals surface area contributed by atoms with E-state index in [4.69, 9.17) is 0 Å². The number of benzene rings is 1. The fourth-order valence-electron chi connectivity index (χ4n) is 1.64. The first-order valence-electron chi connectivity index (χ1n) is 4.84. The standard InChI is InChI=1S/C12H13BrN2/c1-15(2)12-10(8-13)7-9-5-3-4-6-11(9)14-12/h3-7H,8H2,1-2H3. The lowest BCUT2D eigenvalue weighted by atomic mass is 10.1. The van der Waals surface area contributed by atoms with E-state index in [0.29, 0.717) is 0 Å². The van der Waals surface area contributed by atoms with Crippen LogP contribution in [0.15, 0.2) is 30.3 Å². The molecule has 2 aromatic rings. The highest BCUT2D eigenvalue weighted by Crippen LogP contribution is 2.23. The zero-order chi connectivity index (χ0) is 10.8. The maximum atomic E-state index is 4.64. The van der Waals surface area contributed by atoms with Crippen LogP contribution in [0.1, 0.15) is 5.56 Å². The molecule has 0 amide bonds. The number of anilines is 1. The van der Waals surface area contributed by atoms with Crippen molar-refractivity contribution in [2.24, 2.45) is 0 Å². The highest BCUT2D eigenvalue weighted by Gasteiger charge is 2.06. The van der Waals surface area contributed by atoms with E-state index in [-0.39, 0.29) is 0 Å². The first-order valence-corrected chi connectivity index (χ1v) is 5.96. The minimum Gasteiger partial charge on any atom is -0.362 e. The van der Waals surface area contributed by atoms with Gasteiger partial charge in [-0.15, -0.1) is 0 Å². The van der Waals surface area contributed by atoms with Gasteiger partial charge in [-0.1, -0.05) is 34.1 Å². The molecule has 0 bridgehead atoms. The Morgan fingerprint density at radius 3 is 2.67 bits per heavy atom. The number of nitrogens with zero attached hydrogens (tertiary/aromatic N) is 2. The van der Waals surface area contributed by atoms with Crippen molar-refractivity contribution in [3.05, 3.63) is 35.9 Å². The summed E-state index contributed by atoms with van der Waals surface area (Å²) >= 11 is 3.50. The van der Waals surface area contributed by atoms with Gasteiger partial charge in [-0.3, -0.25) is 0 Å². The summed E-state index contributed by atoms with van der Waals surface area (Å²) in [4.78, 5) is 6.69. The van der Waals surface area contributed by atoms with Crippen LogP contribution in [0, 0.1) is 0 Å². The number of rotatable bonds is 2. The zero-order valence-electron chi connectivity index (χ0n) is 8.87. The summed E-state index contributed by atoms with van der Waals surface area (Å²) < 4.78 is 0. The smallest absolute Gasteiger partial charge is 0.132 e. The van der Waals surface area contributed by atoms with Crippen LogP contribution in [-0.4, -0.2) is 19.1 Å². The molecule has 0 radical (unpaired) electrons. The molecule has 1 aromatic heterocycles. The molecule has 0 fully saturated rings. The van der Waals surface area contributed by atoms with Crippen molar-refractivity contribution in [1.82, 2.24) is 4.98 Å². The van der Waals surface area contributed by atoms with Crippen molar-refractivity contribution in [2.75, 3.05) is 19.0 Å². The average molecular weight is 265 g/mol. The summed E-state index contributed by atoms with van der Waals surface area (Å²) in [5, 5.41) is 2.02. The number of halogens is 1. The molecule has 0 spiro atoms. The number of alkyl halides is 1. The van der Waals surface area contributed by atoms with E-state index < -0.39 is 0 Å². The lowest BCUT2D eigenvalue weighted by molar-refractivity contribution is 1.06. The van der Waals surface area contributed by atoms with Crippen molar-refractivity contribution in [3.63, 3.8) is 0 Å². The summed E-state index contributed by atoms with van der Waals surface area (Å²) in [6.45, 7) is 0. The molecule has 0 aliphatic heterocycles. The Bertz CT molecular complexity index is 480. The molecule has 0 saturated heterocycles. The van der Waals surface area contributed by atoms with Crippen LogP contribution < -0.4 is 4.90 Å². The third-order valence-corrected chi connectivity index (χ3v) is 2.95. The van der Waals surface area contributed by atoms with Gasteiger partial charge >= 0.3 is 0 Å². The third-order valence-electron chi connectivity index (χ3n) is 2.35.